The predicted octanol–water partition coefficient (Wildman–Crippen LogP) is 0.916. The molecule has 1 saturated heterocycles. The standard InChI is InChI=1S/C12H17NO3S/c1-9-3-4-10(2)12(5-9)17(15,16)13-6-11(7-13)8-14/h3-5,11,14H,6-8H2,1-2H3. The van der Waals surface area contributed by atoms with Crippen molar-refractivity contribution in [2.75, 3.05) is 19.7 Å². The highest BCUT2D eigenvalue weighted by atomic mass is 32.2. The third-order valence-electron chi connectivity index (χ3n) is 3.14. The fourth-order valence-electron chi connectivity index (χ4n) is 1.96. The zero-order chi connectivity index (χ0) is 12.6. The summed E-state index contributed by atoms with van der Waals surface area (Å²) in [7, 11) is -3.38. The topological polar surface area (TPSA) is 57.6 Å². The van der Waals surface area contributed by atoms with E-state index in [2.05, 4.69) is 0 Å². The number of aryl methyl sites for hydroxylation is 2. The Bertz CT molecular complexity index is 519. The highest BCUT2D eigenvalue weighted by Crippen LogP contribution is 2.27. The number of hydrogen-bond acceptors (Lipinski definition) is 3. The second-order valence-corrected chi connectivity index (χ2v) is 6.55. The predicted molar refractivity (Wildman–Crippen MR) is 65.3 cm³/mol. The van der Waals surface area contributed by atoms with Crippen LogP contribution in [0.1, 0.15) is 11.1 Å². The van der Waals surface area contributed by atoms with Crippen LogP contribution in [-0.2, 0) is 10.0 Å². The lowest BCUT2D eigenvalue weighted by Crippen LogP contribution is -2.51. The Kier molecular flexibility index (Phi) is 3.25. The minimum absolute atomic E-state index is 0.0544. The van der Waals surface area contributed by atoms with Gasteiger partial charge in [-0.15, -0.1) is 0 Å². The van der Waals surface area contributed by atoms with Crippen LogP contribution in [0, 0.1) is 19.8 Å². The highest BCUT2D eigenvalue weighted by molar-refractivity contribution is 7.89. The van der Waals surface area contributed by atoms with Gasteiger partial charge in [0.25, 0.3) is 0 Å². The molecule has 1 aliphatic heterocycles. The van der Waals surface area contributed by atoms with Crippen molar-refractivity contribution in [3.63, 3.8) is 0 Å². The molecule has 1 heterocycles. The van der Waals surface area contributed by atoms with Gasteiger partial charge >= 0.3 is 0 Å². The Balaban J connectivity index is 2.30. The molecule has 1 aliphatic rings. The number of nitrogens with zero attached hydrogens (tertiary/aromatic N) is 1. The largest absolute Gasteiger partial charge is 0.396 e. The molecule has 0 radical (unpaired) electrons. The van der Waals surface area contributed by atoms with E-state index in [1.165, 1.54) is 4.31 Å². The van der Waals surface area contributed by atoms with E-state index in [1.54, 1.807) is 13.0 Å². The monoisotopic (exact) mass is 255 g/mol. The Labute approximate surface area is 102 Å². The molecule has 0 spiro atoms. The molecule has 2 rings (SSSR count). The second-order valence-electron chi connectivity index (χ2n) is 4.64. The highest BCUT2D eigenvalue weighted by Gasteiger charge is 2.36. The molecule has 0 atom stereocenters. The Morgan fingerprint density at radius 3 is 2.59 bits per heavy atom. The minimum Gasteiger partial charge on any atom is -0.396 e. The summed E-state index contributed by atoms with van der Waals surface area (Å²) < 4.78 is 26.0. The first-order chi connectivity index (χ1) is 7.95. The van der Waals surface area contributed by atoms with E-state index in [1.807, 2.05) is 19.1 Å². The summed E-state index contributed by atoms with van der Waals surface area (Å²) in [5.41, 5.74) is 1.71. The molecule has 1 N–H and O–H groups in total. The Morgan fingerprint density at radius 1 is 1.35 bits per heavy atom. The van der Waals surface area contributed by atoms with Gasteiger partial charge in [0, 0.05) is 25.6 Å². The van der Waals surface area contributed by atoms with Gasteiger partial charge in [0.1, 0.15) is 0 Å². The molecule has 94 valence electrons. The van der Waals surface area contributed by atoms with Crippen molar-refractivity contribution in [2.24, 2.45) is 5.92 Å². The normalized spacial score (nSPS) is 18.1. The summed E-state index contributed by atoms with van der Waals surface area (Å²) >= 11 is 0. The number of aliphatic hydroxyl groups is 1. The maximum absolute atomic E-state index is 12.3. The van der Waals surface area contributed by atoms with Gasteiger partial charge in [-0.2, -0.15) is 4.31 Å². The molecule has 0 unspecified atom stereocenters. The third-order valence-corrected chi connectivity index (χ3v) is 5.12. The average Bonchev–Trinajstić information content (AvgIpc) is 2.19. The smallest absolute Gasteiger partial charge is 0.243 e. The van der Waals surface area contributed by atoms with Crippen LogP contribution < -0.4 is 0 Å². The zero-order valence-electron chi connectivity index (χ0n) is 10.0. The Morgan fingerprint density at radius 2 is 2.00 bits per heavy atom. The molecule has 1 aromatic carbocycles. The van der Waals surface area contributed by atoms with E-state index in [0.717, 1.165) is 11.1 Å². The molecule has 0 aromatic heterocycles. The third kappa shape index (κ3) is 2.22. The van der Waals surface area contributed by atoms with Crippen molar-refractivity contribution in [1.82, 2.24) is 4.31 Å². The summed E-state index contributed by atoms with van der Waals surface area (Å²) in [6, 6.07) is 5.43. The summed E-state index contributed by atoms with van der Waals surface area (Å²) in [4.78, 5) is 0.383. The maximum atomic E-state index is 12.3. The fraction of sp³-hybridized carbons (Fsp3) is 0.500. The quantitative estimate of drug-likeness (QED) is 0.873. The molecular weight excluding hydrogens is 238 g/mol. The van der Waals surface area contributed by atoms with Crippen molar-refractivity contribution in [3.8, 4) is 0 Å². The lowest BCUT2D eigenvalue weighted by molar-refractivity contribution is 0.117. The van der Waals surface area contributed by atoms with Crippen LogP contribution in [-0.4, -0.2) is 37.5 Å². The number of rotatable bonds is 3. The van der Waals surface area contributed by atoms with Gasteiger partial charge < -0.3 is 5.11 Å². The van der Waals surface area contributed by atoms with Crippen LogP contribution in [0.25, 0.3) is 0 Å². The SMILES string of the molecule is Cc1ccc(C)c(S(=O)(=O)N2CC(CO)C2)c1. The van der Waals surface area contributed by atoms with E-state index in [4.69, 9.17) is 5.11 Å². The van der Waals surface area contributed by atoms with Gasteiger partial charge in [0.15, 0.2) is 0 Å². The molecule has 17 heavy (non-hydrogen) atoms. The van der Waals surface area contributed by atoms with Crippen LogP contribution in [0.2, 0.25) is 0 Å². The van der Waals surface area contributed by atoms with Crippen LogP contribution >= 0.6 is 0 Å². The van der Waals surface area contributed by atoms with Gasteiger partial charge in [0.05, 0.1) is 4.90 Å². The van der Waals surface area contributed by atoms with Crippen molar-refractivity contribution in [3.05, 3.63) is 29.3 Å². The molecule has 4 nitrogen and oxygen atoms in total. The first-order valence-corrected chi connectivity index (χ1v) is 7.07. The van der Waals surface area contributed by atoms with Gasteiger partial charge in [-0.3, -0.25) is 0 Å². The van der Waals surface area contributed by atoms with E-state index in [9.17, 15) is 8.42 Å². The lowest BCUT2D eigenvalue weighted by Gasteiger charge is -2.37. The lowest BCUT2D eigenvalue weighted by atomic mass is 10.1. The van der Waals surface area contributed by atoms with Gasteiger partial charge in [-0.05, 0) is 31.0 Å². The molecule has 0 amide bonds. The van der Waals surface area contributed by atoms with Crippen LogP contribution in [0.4, 0.5) is 0 Å². The van der Waals surface area contributed by atoms with E-state index in [0.29, 0.717) is 18.0 Å². The second kappa shape index (κ2) is 4.40. The summed E-state index contributed by atoms with van der Waals surface area (Å²) in [6.45, 7) is 4.58. The minimum atomic E-state index is -3.38. The molecule has 1 aromatic rings. The Hall–Kier alpha value is -0.910. The van der Waals surface area contributed by atoms with Crippen molar-refractivity contribution >= 4 is 10.0 Å². The molecule has 0 bridgehead atoms. The summed E-state index contributed by atoms with van der Waals surface area (Å²) in [6.07, 6.45) is 0. The number of hydrogen-bond donors (Lipinski definition) is 1. The van der Waals surface area contributed by atoms with E-state index >= 15 is 0 Å². The number of benzene rings is 1. The van der Waals surface area contributed by atoms with Crippen molar-refractivity contribution < 1.29 is 13.5 Å². The zero-order valence-corrected chi connectivity index (χ0v) is 10.9. The van der Waals surface area contributed by atoms with Gasteiger partial charge in [0.2, 0.25) is 10.0 Å². The van der Waals surface area contributed by atoms with E-state index in [-0.39, 0.29) is 12.5 Å². The first kappa shape index (κ1) is 12.5. The van der Waals surface area contributed by atoms with Crippen LogP contribution in [0.5, 0.6) is 0 Å². The molecular formula is C12H17NO3S. The fourth-order valence-corrected chi connectivity index (χ4v) is 3.86. The van der Waals surface area contributed by atoms with Crippen molar-refractivity contribution in [2.45, 2.75) is 18.7 Å². The van der Waals surface area contributed by atoms with Crippen molar-refractivity contribution in [1.29, 1.82) is 0 Å². The molecule has 1 fully saturated rings. The summed E-state index contributed by atoms with van der Waals surface area (Å²) in [5.74, 6) is 0.0925. The van der Waals surface area contributed by atoms with Gasteiger partial charge in [-0.25, -0.2) is 8.42 Å². The molecule has 5 heteroatoms. The van der Waals surface area contributed by atoms with E-state index < -0.39 is 10.0 Å². The van der Waals surface area contributed by atoms with Gasteiger partial charge in [-0.1, -0.05) is 12.1 Å². The van der Waals surface area contributed by atoms with Crippen LogP contribution in [0.15, 0.2) is 23.1 Å². The maximum Gasteiger partial charge on any atom is 0.243 e. The van der Waals surface area contributed by atoms with Crippen LogP contribution in [0.3, 0.4) is 0 Å². The number of aliphatic hydroxyl groups excluding tert-OH is 1. The average molecular weight is 255 g/mol. The molecule has 0 aliphatic carbocycles. The first-order valence-electron chi connectivity index (χ1n) is 5.63. The number of sulfonamides is 1. The molecule has 0 saturated carbocycles. The summed E-state index contributed by atoms with van der Waals surface area (Å²) in [5, 5.41) is 8.92.